The molecule has 0 saturated carbocycles. The van der Waals surface area contributed by atoms with Crippen molar-refractivity contribution in [2.75, 3.05) is 20.0 Å². The topological polar surface area (TPSA) is 18.5 Å². The Morgan fingerprint density at radius 3 is 2.29 bits per heavy atom. The van der Waals surface area contributed by atoms with Crippen LogP contribution in [0.25, 0.3) is 0 Å². The third-order valence-corrected chi connectivity index (χ3v) is 2.77. The molecular weight excluding hydrogens is 203 g/mol. The number of hydrogen-bond donors (Lipinski definition) is 0. The summed E-state index contributed by atoms with van der Waals surface area (Å²) in [7, 11) is 3.19. The summed E-state index contributed by atoms with van der Waals surface area (Å²) in [5.74, 6) is 0.475. The monoisotopic (exact) mass is 216 g/mol. The maximum Gasteiger partial charge on any atom is 0.166 e. The number of rotatable bonds is 5. The molecule has 0 aliphatic heterocycles. The Labute approximate surface area is 87.4 Å². The predicted molar refractivity (Wildman–Crippen MR) is 54.9 cm³/mol. The van der Waals surface area contributed by atoms with Crippen LogP contribution in [0.15, 0.2) is 29.2 Å². The van der Waals surface area contributed by atoms with Crippen LogP contribution in [0.2, 0.25) is 0 Å². The summed E-state index contributed by atoms with van der Waals surface area (Å²) in [4.78, 5) is 1.01. The highest BCUT2D eigenvalue weighted by atomic mass is 32.2. The third-order valence-electron chi connectivity index (χ3n) is 1.73. The zero-order chi connectivity index (χ0) is 10.4. The molecule has 0 N–H and O–H groups in total. The van der Waals surface area contributed by atoms with Crippen molar-refractivity contribution in [2.45, 2.75) is 11.2 Å². The van der Waals surface area contributed by atoms with E-state index >= 15 is 0 Å². The largest absolute Gasteiger partial charge is 0.355 e. The van der Waals surface area contributed by atoms with Crippen molar-refractivity contribution in [1.82, 2.24) is 0 Å². The predicted octanol–water partition coefficient (Wildman–Crippen LogP) is 2.54. The Hall–Kier alpha value is -0.580. The third kappa shape index (κ3) is 3.65. The van der Waals surface area contributed by atoms with Crippen molar-refractivity contribution >= 4 is 11.8 Å². The van der Waals surface area contributed by atoms with Crippen LogP contribution in [0.1, 0.15) is 0 Å². The Morgan fingerprint density at radius 1 is 1.21 bits per heavy atom. The van der Waals surface area contributed by atoms with E-state index in [0.29, 0.717) is 5.75 Å². The molecule has 0 spiro atoms. The second-order valence-corrected chi connectivity index (χ2v) is 3.76. The van der Waals surface area contributed by atoms with Crippen LogP contribution in [0.4, 0.5) is 4.39 Å². The van der Waals surface area contributed by atoms with Gasteiger partial charge in [0, 0.05) is 24.9 Å². The summed E-state index contributed by atoms with van der Waals surface area (Å²) in [5.41, 5.74) is 0. The lowest BCUT2D eigenvalue weighted by Crippen LogP contribution is -2.15. The number of methoxy groups -OCH3 is 2. The fourth-order valence-electron chi connectivity index (χ4n) is 0.927. The molecular formula is C10H13FO2S. The molecule has 0 unspecified atom stereocenters. The van der Waals surface area contributed by atoms with Crippen molar-refractivity contribution in [3.8, 4) is 0 Å². The van der Waals surface area contributed by atoms with Crippen molar-refractivity contribution in [1.29, 1.82) is 0 Å². The van der Waals surface area contributed by atoms with Gasteiger partial charge in [0.15, 0.2) is 6.29 Å². The molecule has 0 saturated heterocycles. The van der Waals surface area contributed by atoms with Gasteiger partial charge in [-0.2, -0.15) is 0 Å². The molecule has 0 amide bonds. The summed E-state index contributed by atoms with van der Waals surface area (Å²) in [6.07, 6.45) is -0.218. The number of thioether (sulfide) groups is 1. The molecule has 4 heteroatoms. The van der Waals surface area contributed by atoms with Gasteiger partial charge in [-0.05, 0) is 24.3 Å². The van der Waals surface area contributed by atoms with Crippen LogP contribution < -0.4 is 0 Å². The van der Waals surface area contributed by atoms with E-state index in [0.717, 1.165) is 4.90 Å². The lowest BCUT2D eigenvalue weighted by molar-refractivity contribution is -0.0842. The van der Waals surface area contributed by atoms with Gasteiger partial charge in [0.2, 0.25) is 0 Å². The van der Waals surface area contributed by atoms with Gasteiger partial charge in [0.25, 0.3) is 0 Å². The molecule has 0 radical (unpaired) electrons. The summed E-state index contributed by atoms with van der Waals surface area (Å²) >= 11 is 1.57. The Balaban J connectivity index is 2.41. The van der Waals surface area contributed by atoms with Gasteiger partial charge in [0.05, 0.1) is 0 Å². The van der Waals surface area contributed by atoms with Crippen molar-refractivity contribution < 1.29 is 13.9 Å². The quantitative estimate of drug-likeness (QED) is 0.556. The van der Waals surface area contributed by atoms with Crippen LogP contribution in [0, 0.1) is 5.82 Å². The minimum Gasteiger partial charge on any atom is -0.355 e. The SMILES string of the molecule is COC(CSc1ccc(F)cc1)OC. The first-order valence-electron chi connectivity index (χ1n) is 4.20. The summed E-state index contributed by atoms with van der Waals surface area (Å²) in [5, 5.41) is 0. The zero-order valence-electron chi connectivity index (χ0n) is 8.20. The van der Waals surface area contributed by atoms with Crippen molar-refractivity contribution in [2.24, 2.45) is 0 Å². The highest BCUT2D eigenvalue weighted by Gasteiger charge is 2.05. The van der Waals surface area contributed by atoms with Gasteiger partial charge in [-0.25, -0.2) is 4.39 Å². The van der Waals surface area contributed by atoms with E-state index in [1.54, 1.807) is 38.1 Å². The average Bonchev–Trinajstić information content (AvgIpc) is 2.22. The molecule has 1 aromatic rings. The second kappa shape index (κ2) is 6.01. The first-order chi connectivity index (χ1) is 6.76. The fraction of sp³-hybridized carbons (Fsp3) is 0.400. The first kappa shape index (κ1) is 11.5. The molecule has 0 fully saturated rings. The van der Waals surface area contributed by atoms with Crippen molar-refractivity contribution in [3.63, 3.8) is 0 Å². The van der Waals surface area contributed by atoms with E-state index in [9.17, 15) is 4.39 Å². The highest BCUT2D eigenvalue weighted by Crippen LogP contribution is 2.19. The van der Waals surface area contributed by atoms with Gasteiger partial charge >= 0.3 is 0 Å². The van der Waals surface area contributed by atoms with Crippen LogP contribution in [0.5, 0.6) is 0 Å². The van der Waals surface area contributed by atoms with Gasteiger partial charge in [0.1, 0.15) is 5.82 Å². The Kier molecular flexibility index (Phi) is 4.93. The average molecular weight is 216 g/mol. The fourth-order valence-corrected chi connectivity index (χ4v) is 1.86. The van der Waals surface area contributed by atoms with E-state index in [2.05, 4.69) is 0 Å². The van der Waals surface area contributed by atoms with Gasteiger partial charge < -0.3 is 9.47 Å². The van der Waals surface area contributed by atoms with Crippen LogP contribution in [-0.2, 0) is 9.47 Å². The number of hydrogen-bond acceptors (Lipinski definition) is 3. The van der Waals surface area contributed by atoms with E-state index in [1.165, 1.54) is 12.1 Å². The number of ether oxygens (including phenoxy) is 2. The summed E-state index contributed by atoms with van der Waals surface area (Å²) in [6, 6.07) is 6.36. The molecule has 2 nitrogen and oxygen atoms in total. The molecule has 1 aromatic carbocycles. The maximum atomic E-state index is 12.6. The number of benzene rings is 1. The molecule has 0 aliphatic carbocycles. The molecule has 0 aliphatic rings. The standard InChI is InChI=1S/C10H13FO2S/c1-12-10(13-2)7-14-9-5-3-8(11)4-6-9/h3-6,10H,7H2,1-2H3. The van der Waals surface area contributed by atoms with Gasteiger partial charge in [-0.15, -0.1) is 11.8 Å². The van der Waals surface area contributed by atoms with Gasteiger partial charge in [-0.1, -0.05) is 0 Å². The van der Waals surface area contributed by atoms with E-state index in [-0.39, 0.29) is 12.1 Å². The van der Waals surface area contributed by atoms with Crippen LogP contribution in [0.3, 0.4) is 0 Å². The highest BCUT2D eigenvalue weighted by molar-refractivity contribution is 7.99. The van der Waals surface area contributed by atoms with E-state index in [4.69, 9.17) is 9.47 Å². The molecule has 0 bridgehead atoms. The van der Waals surface area contributed by atoms with Crippen molar-refractivity contribution in [3.05, 3.63) is 30.1 Å². The van der Waals surface area contributed by atoms with Gasteiger partial charge in [-0.3, -0.25) is 0 Å². The smallest absolute Gasteiger partial charge is 0.166 e. The maximum absolute atomic E-state index is 12.6. The molecule has 0 aromatic heterocycles. The minimum absolute atomic E-state index is 0.218. The van der Waals surface area contributed by atoms with E-state index in [1.807, 2.05) is 0 Å². The Bertz CT molecular complexity index is 259. The second-order valence-electron chi connectivity index (χ2n) is 2.67. The lowest BCUT2D eigenvalue weighted by atomic mass is 10.4. The first-order valence-corrected chi connectivity index (χ1v) is 5.18. The van der Waals surface area contributed by atoms with Crippen LogP contribution >= 0.6 is 11.8 Å². The molecule has 14 heavy (non-hydrogen) atoms. The Morgan fingerprint density at radius 2 is 1.79 bits per heavy atom. The minimum atomic E-state index is -0.218. The lowest BCUT2D eigenvalue weighted by Gasteiger charge is -2.12. The van der Waals surface area contributed by atoms with Crippen LogP contribution in [-0.4, -0.2) is 26.3 Å². The molecule has 0 atom stereocenters. The number of halogens is 1. The molecule has 1 rings (SSSR count). The zero-order valence-corrected chi connectivity index (χ0v) is 9.01. The molecule has 78 valence electrons. The normalized spacial score (nSPS) is 10.9. The van der Waals surface area contributed by atoms with E-state index < -0.39 is 0 Å². The summed E-state index contributed by atoms with van der Waals surface area (Å²) in [6.45, 7) is 0. The molecule has 0 heterocycles. The summed E-state index contributed by atoms with van der Waals surface area (Å²) < 4.78 is 22.6.